The molecule has 0 unspecified atom stereocenters. The van der Waals surface area contributed by atoms with Crippen molar-refractivity contribution in [2.24, 2.45) is 0 Å². The van der Waals surface area contributed by atoms with Gasteiger partial charge in [-0.3, -0.25) is 19.5 Å². The molecule has 1 aliphatic rings. The first-order valence-corrected chi connectivity index (χ1v) is 11.4. The van der Waals surface area contributed by atoms with Gasteiger partial charge in [-0.1, -0.05) is 17.7 Å². The first kappa shape index (κ1) is 22.4. The maximum atomic E-state index is 13.2. The van der Waals surface area contributed by atoms with Gasteiger partial charge in [0.2, 0.25) is 0 Å². The standard InChI is InChI=1S/C23H22ClFN4O2S/c1-15-11-20(27-22(30)18-5-4-17(25)12-19(18)24)32-21(15)23(31)29-9-7-28(8-10-29)14-16-3-2-6-26-13-16/h2-6,11-13H,7-10,14H2,1H3,(H,27,30). The van der Waals surface area contributed by atoms with Crippen molar-refractivity contribution in [3.63, 3.8) is 0 Å². The van der Waals surface area contributed by atoms with Crippen molar-refractivity contribution < 1.29 is 14.0 Å². The Balaban J connectivity index is 1.37. The average Bonchev–Trinajstić information content (AvgIpc) is 3.14. The van der Waals surface area contributed by atoms with E-state index in [0.29, 0.717) is 23.0 Å². The molecule has 1 fully saturated rings. The Labute approximate surface area is 194 Å². The van der Waals surface area contributed by atoms with E-state index in [-0.39, 0.29) is 16.5 Å². The number of aromatic nitrogens is 1. The van der Waals surface area contributed by atoms with E-state index < -0.39 is 11.7 Å². The smallest absolute Gasteiger partial charge is 0.264 e. The molecule has 1 aliphatic heterocycles. The van der Waals surface area contributed by atoms with Crippen LogP contribution in [0.3, 0.4) is 0 Å². The number of piperazine rings is 1. The topological polar surface area (TPSA) is 65.5 Å². The summed E-state index contributed by atoms with van der Waals surface area (Å²) in [6.45, 7) is 5.53. The fourth-order valence-corrected chi connectivity index (χ4v) is 4.90. The number of amides is 2. The Morgan fingerprint density at radius 1 is 1.19 bits per heavy atom. The molecule has 0 bridgehead atoms. The van der Waals surface area contributed by atoms with Crippen LogP contribution in [-0.2, 0) is 6.54 Å². The molecule has 9 heteroatoms. The van der Waals surface area contributed by atoms with Gasteiger partial charge in [-0.05, 0) is 48.4 Å². The number of rotatable bonds is 5. The van der Waals surface area contributed by atoms with Crippen LogP contribution in [0.2, 0.25) is 5.02 Å². The molecule has 166 valence electrons. The van der Waals surface area contributed by atoms with Gasteiger partial charge in [0.25, 0.3) is 11.8 Å². The van der Waals surface area contributed by atoms with E-state index in [1.54, 1.807) is 12.3 Å². The molecule has 0 radical (unpaired) electrons. The molecule has 1 N–H and O–H groups in total. The highest BCUT2D eigenvalue weighted by Gasteiger charge is 2.25. The van der Waals surface area contributed by atoms with Gasteiger partial charge in [-0.2, -0.15) is 0 Å². The molecule has 2 aromatic heterocycles. The molecule has 32 heavy (non-hydrogen) atoms. The van der Waals surface area contributed by atoms with Gasteiger partial charge in [-0.15, -0.1) is 11.3 Å². The Morgan fingerprint density at radius 2 is 1.97 bits per heavy atom. The lowest BCUT2D eigenvalue weighted by Gasteiger charge is -2.34. The van der Waals surface area contributed by atoms with E-state index >= 15 is 0 Å². The van der Waals surface area contributed by atoms with E-state index in [4.69, 9.17) is 11.6 Å². The lowest BCUT2D eigenvalue weighted by atomic mass is 10.2. The number of benzene rings is 1. The molecule has 0 aliphatic carbocycles. The summed E-state index contributed by atoms with van der Waals surface area (Å²) < 4.78 is 13.2. The summed E-state index contributed by atoms with van der Waals surface area (Å²) in [5, 5.41) is 3.35. The van der Waals surface area contributed by atoms with Gasteiger partial charge < -0.3 is 10.2 Å². The number of thiophene rings is 1. The summed E-state index contributed by atoms with van der Waals surface area (Å²) in [7, 11) is 0. The molecule has 3 aromatic rings. The van der Waals surface area contributed by atoms with E-state index in [1.165, 1.54) is 23.5 Å². The predicted octanol–water partition coefficient (Wildman–Crippen LogP) is 4.45. The van der Waals surface area contributed by atoms with Crippen LogP contribution in [0.4, 0.5) is 9.39 Å². The van der Waals surface area contributed by atoms with Crippen molar-refractivity contribution in [1.29, 1.82) is 0 Å². The van der Waals surface area contributed by atoms with Crippen LogP contribution in [0.25, 0.3) is 0 Å². The van der Waals surface area contributed by atoms with E-state index in [2.05, 4.69) is 21.3 Å². The third-order valence-electron chi connectivity index (χ3n) is 5.31. The van der Waals surface area contributed by atoms with Crippen LogP contribution in [-0.4, -0.2) is 52.8 Å². The van der Waals surface area contributed by atoms with Crippen molar-refractivity contribution >= 4 is 39.8 Å². The molecule has 0 spiro atoms. The minimum absolute atomic E-state index is 0.0335. The Hall–Kier alpha value is -2.81. The third-order valence-corrected chi connectivity index (χ3v) is 6.77. The number of carbonyl (C=O) groups is 2. The molecule has 3 heterocycles. The van der Waals surface area contributed by atoms with Gasteiger partial charge >= 0.3 is 0 Å². The molecule has 1 saturated heterocycles. The van der Waals surface area contributed by atoms with Crippen LogP contribution < -0.4 is 5.32 Å². The number of nitrogens with zero attached hydrogens (tertiary/aromatic N) is 3. The Bertz CT molecular complexity index is 1130. The van der Waals surface area contributed by atoms with Crippen LogP contribution in [0.15, 0.2) is 48.8 Å². The van der Waals surface area contributed by atoms with Crippen LogP contribution in [0.1, 0.15) is 31.2 Å². The summed E-state index contributed by atoms with van der Waals surface area (Å²) in [4.78, 5) is 34.5. The molecule has 6 nitrogen and oxygen atoms in total. The van der Waals surface area contributed by atoms with E-state index in [1.807, 2.05) is 24.1 Å². The lowest BCUT2D eigenvalue weighted by Crippen LogP contribution is -2.48. The van der Waals surface area contributed by atoms with Crippen molar-refractivity contribution in [3.05, 3.63) is 81.2 Å². The minimum atomic E-state index is -0.507. The zero-order chi connectivity index (χ0) is 22.7. The largest absolute Gasteiger partial charge is 0.335 e. The third kappa shape index (κ3) is 5.15. The predicted molar refractivity (Wildman–Crippen MR) is 124 cm³/mol. The first-order valence-electron chi connectivity index (χ1n) is 10.2. The number of hydrogen-bond donors (Lipinski definition) is 1. The first-order chi connectivity index (χ1) is 15.4. The van der Waals surface area contributed by atoms with Crippen molar-refractivity contribution in [3.8, 4) is 0 Å². The summed E-state index contributed by atoms with van der Waals surface area (Å²) in [6.07, 6.45) is 3.62. The van der Waals surface area contributed by atoms with E-state index in [0.717, 1.165) is 36.8 Å². The highest BCUT2D eigenvalue weighted by molar-refractivity contribution is 7.18. The van der Waals surface area contributed by atoms with Crippen molar-refractivity contribution in [1.82, 2.24) is 14.8 Å². The number of halogens is 2. The normalized spacial score (nSPS) is 14.4. The van der Waals surface area contributed by atoms with Crippen molar-refractivity contribution in [2.75, 3.05) is 31.5 Å². The zero-order valence-electron chi connectivity index (χ0n) is 17.5. The number of aryl methyl sites for hydroxylation is 1. The number of anilines is 1. The minimum Gasteiger partial charge on any atom is -0.335 e. The van der Waals surface area contributed by atoms with E-state index in [9.17, 15) is 14.0 Å². The molecule has 4 rings (SSSR count). The number of carbonyl (C=O) groups excluding carboxylic acids is 2. The number of nitrogens with one attached hydrogen (secondary N) is 1. The second kappa shape index (κ2) is 9.77. The van der Waals surface area contributed by atoms with Gasteiger partial charge in [-0.25, -0.2) is 4.39 Å². The zero-order valence-corrected chi connectivity index (χ0v) is 19.0. The molecule has 0 saturated carbocycles. The summed E-state index contributed by atoms with van der Waals surface area (Å²) >= 11 is 7.21. The summed E-state index contributed by atoms with van der Waals surface area (Å²) in [6, 6.07) is 9.36. The fraction of sp³-hybridized carbons (Fsp3) is 0.261. The van der Waals surface area contributed by atoms with Gasteiger partial charge in [0.1, 0.15) is 5.82 Å². The maximum absolute atomic E-state index is 13.2. The van der Waals surface area contributed by atoms with Gasteiger partial charge in [0.15, 0.2) is 0 Å². The monoisotopic (exact) mass is 472 g/mol. The van der Waals surface area contributed by atoms with Crippen LogP contribution in [0.5, 0.6) is 0 Å². The van der Waals surface area contributed by atoms with Gasteiger partial charge in [0.05, 0.1) is 20.5 Å². The number of pyridine rings is 1. The highest BCUT2D eigenvalue weighted by atomic mass is 35.5. The second-order valence-electron chi connectivity index (χ2n) is 7.63. The maximum Gasteiger partial charge on any atom is 0.264 e. The van der Waals surface area contributed by atoms with Crippen LogP contribution in [0, 0.1) is 12.7 Å². The summed E-state index contributed by atoms with van der Waals surface area (Å²) in [5.41, 5.74) is 2.14. The fourth-order valence-electron chi connectivity index (χ4n) is 3.61. The Kier molecular flexibility index (Phi) is 6.83. The van der Waals surface area contributed by atoms with Crippen LogP contribution >= 0.6 is 22.9 Å². The molecular weight excluding hydrogens is 451 g/mol. The number of hydrogen-bond acceptors (Lipinski definition) is 5. The highest BCUT2D eigenvalue weighted by Crippen LogP contribution is 2.29. The molecular formula is C23H22ClFN4O2S. The van der Waals surface area contributed by atoms with Gasteiger partial charge in [0, 0.05) is 45.1 Å². The SMILES string of the molecule is Cc1cc(NC(=O)c2ccc(F)cc2Cl)sc1C(=O)N1CCN(Cc2cccnc2)CC1. The molecule has 2 amide bonds. The van der Waals surface area contributed by atoms with Crippen molar-refractivity contribution in [2.45, 2.75) is 13.5 Å². The average molecular weight is 473 g/mol. The quantitative estimate of drug-likeness (QED) is 0.595. The molecule has 0 atom stereocenters. The second-order valence-corrected chi connectivity index (χ2v) is 9.09. The lowest BCUT2D eigenvalue weighted by molar-refractivity contribution is 0.0632. The molecule has 1 aromatic carbocycles. The Morgan fingerprint density at radius 3 is 2.66 bits per heavy atom. The summed E-state index contributed by atoms with van der Waals surface area (Å²) in [5.74, 6) is -0.986.